The number of carbonyl (C=O) groups excluding carboxylic acids is 1. The van der Waals surface area contributed by atoms with Gasteiger partial charge in [-0.1, -0.05) is 27.2 Å². The molecule has 0 aliphatic carbocycles. The first kappa shape index (κ1) is 12.4. The third kappa shape index (κ3) is 4.88. The minimum Gasteiger partial charge on any atom is -0.461 e. The molecule has 3 heteroatoms. The van der Waals surface area contributed by atoms with Crippen LogP contribution < -0.4 is 5.73 Å². The SMILES string of the molecule is CCC[C@@H](N)C(=O)O[C@@H](C)C(C)C. The van der Waals surface area contributed by atoms with Gasteiger partial charge in [0, 0.05) is 0 Å². The van der Waals surface area contributed by atoms with E-state index in [2.05, 4.69) is 0 Å². The molecule has 0 aromatic heterocycles. The predicted molar refractivity (Wildman–Crippen MR) is 53.3 cm³/mol. The highest BCUT2D eigenvalue weighted by Crippen LogP contribution is 2.07. The normalized spacial score (nSPS) is 15.5. The maximum absolute atomic E-state index is 11.3. The first-order valence-electron chi connectivity index (χ1n) is 4.95. The maximum Gasteiger partial charge on any atom is 0.323 e. The molecule has 0 spiro atoms. The lowest BCUT2D eigenvalue weighted by atomic mass is 10.1. The van der Waals surface area contributed by atoms with Gasteiger partial charge in [0.2, 0.25) is 0 Å². The Morgan fingerprint density at radius 2 is 1.92 bits per heavy atom. The first-order chi connectivity index (χ1) is 5.99. The van der Waals surface area contributed by atoms with E-state index >= 15 is 0 Å². The molecule has 0 aromatic carbocycles. The first-order valence-corrected chi connectivity index (χ1v) is 4.95. The predicted octanol–water partition coefficient (Wildman–Crippen LogP) is 1.70. The molecule has 0 unspecified atom stereocenters. The van der Waals surface area contributed by atoms with Crippen LogP contribution in [-0.2, 0) is 9.53 Å². The van der Waals surface area contributed by atoms with Crippen LogP contribution in [0.2, 0.25) is 0 Å². The molecule has 2 N–H and O–H groups in total. The van der Waals surface area contributed by atoms with E-state index in [1.165, 1.54) is 0 Å². The van der Waals surface area contributed by atoms with E-state index in [-0.39, 0.29) is 12.1 Å². The van der Waals surface area contributed by atoms with Crippen molar-refractivity contribution in [3.63, 3.8) is 0 Å². The molecule has 13 heavy (non-hydrogen) atoms. The molecule has 0 aliphatic heterocycles. The fraction of sp³-hybridized carbons (Fsp3) is 0.900. The number of carbonyl (C=O) groups is 1. The number of hydrogen-bond donors (Lipinski definition) is 1. The molecule has 0 fully saturated rings. The maximum atomic E-state index is 11.3. The Kier molecular flexibility index (Phi) is 5.71. The Labute approximate surface area is 80.6 Å². The van der Waals surface area contributed by atoms with Crippen molar-refractivity contribution < 1.29 is 9.53 Å². The summed E-state index contributed by atoms with van der Waals surface area (Å²) in [6, 6.07) is -0.453. The standard InChI is InChI=1S/C10H21NO2/c1-5-6-9(11)10(12)13-8(4)7(2)3/h7-9H,5-6,11H2,1-4H3/t8-,9+/m0/s1. The van der Waals surface area contributed by atoms with Crippen LogP contribution in [0.15, 0.2) is 0 Å². The molecule has 78 valence electrons. The Morgan fingerprint density at radius 3 is 2.31 bits per heavy atom. The lowest BCUT2D eigenvalue weighted by Gasteiger charge is -2.19. The van der Waals surface area contributed by atoms with Crippen LogP contribution in [0.25, 0.3) is 0 Å². The summed E-state index contributed by atoms with van der Waals surface area (Å²) in [5, 5.41) is 0. The van der Waals surface area contributed by atoms with E-state index in [0.717, 1.165) is 6.42 Å². The third-order valence-electron chi connectivity index (χ3n) is 2.14. The monoisotopic (exact) mass is 187 g/mol. The smallest absolute Gasteiger partial charge is 0.323 e. The number of hydrogen-bond acceptors (Lipinski definition) is 3. The van der Waals surface area contributed by atoms with Crippen molar-refractivity contribution in [1.29, 1.82) is 0 Å². The van der Waals surface area contributed by atoms with E-state index in [4.69, 9.17) is 10.5 Å². The lowest BCUT2D eigenvalue weighted by Crippen LogP contribution is -2.35. The molecule has 2 atom stereocenters. The molecule has 0 amide bonds. The van der Waals surface area contributed by atoms with E-state index in [1.54, 1.807) is 0 Å². The molecule has 0 heterocycles. The van der Waals surface area contributed by atoms with Gasteiger partial charge in [0.15, 0.2) is 0 Å². The van der Waals surface area contributed by atoms with Gasteiger partial charge in [-0.2, -0.15) is 0 Å². The van der Waals surface area contributed by atoms with Crippen molar-refractivity contribution in [2.45, 2.75) is 52.7 Å². The molecule has 0 saturated carbocycles. The quantitative estimate of drug-likeness (QED) is 0.666. The van der Waals surface area contributed by atoms with Gasteiger partial charge in [-0.25, -0.2) is 0 Å². The highest BCUT2D eigenvalue weighted by molar-refractivity contribution is 5.75. The highest BCUT2D eigenvalue weighted by Gasteiger charge is 2.18. The van der Waals surface area contributed by atoms with Crippen LogP contribution >= 0.6 is 0 Å². The van der Waals surface area contributed by atoms with E-state index in [9.17, 15) is 4.79 Å². The number of nitrogens with two attached hydrogens (primary N) is 1. The Morgan fingerprint density at radius 1 is 1.38 bits per heavy atom. The van der Waals surface area contributed by atoms with Crippen molar-refractivity contribution in [2.75, 3.05) is 0 Å². The van der Waals surface area contributed by atoms with Crippen LogP contribution in [0.4, 0.5) is 0 Å². The summed E-state index contributed by atoms with van der Waals surface area (Å²) in [4.78, 5) is 11.3. The van der Waals surface area contributed by atoms with Gasteiger partial charge in [-0.05, 0) is 19.3 Å². The van der Waals surface area contributed by atoms with Crippen molar-refractivity contribution in [2.24, 2.45) is 11.7 Å². The van der Waals surface area contributed by atoms with Crippen molar-refractivity contribution >= 4 is 5.97 Å². The zero-order valence-corrected chi connectivity index (χ0v) is 9.04. The zero-order chi connectivity index (χ0) is 10.4. The van der Waals surface area contributed by atoms with E-state index in [0.29, 0.717) is 12.3 Å². The van der Waals surface area contributed by atoms with Crippen LogP contribution in [-0.4, -0.2) is 18.1 Å². The second-order valence-electron chi connectivity index (χ2n) is 3.78. The van der Waals surface area contributed by atoms with Gasteiger partial charge in [-0.15, -0.1) is 0 Å². The largest absolute Gasteiger partial charge is 0.461 e. The molecule has 0 radical (unpaired) electrons. The molecular weight excluding hydrogens is 166 g/mol. The summed E-state index contributed by atoms with van der Waals surface area (Å²) < 4.78 is 5.16. The fourth-order valence-corrected chi connectivity index (χ4v) is 0.836. The molecule has 0 saturated heterocycles. The Bertz CT molecular complexity index is 157. The van der Waals surface area contributed by atoms with Gasteiger partial charge in [0.05, 0.1) is 0 Å². The van der Waals surface area contributed by atoms with Gasteiger partial charge in [0.25, 0.3) is 0 Å². The Balaban J connectivity index is 3.85. The van der Waals surface area contributed by atoms with Crippen molar-refractivity contribution in [3.05, 3.63) is 0 Å². The van der Waals surface area contributed by atoms with Crippen LogP contribution in [0.1, 0.15) is 40.5 Å². The van der Waals surface area contributed by atoms with Crippen LogP contribution in [0.3, 0.4) is 0 Å². The molecule has 0 bridgehead atoms. The van der Waals surface area contributed by atoms with Gasteiger partial charge in [-0.3, -0.25) is 4.79 Å². The number of rotatable bonds is 5. The summed E-state index contributed by atoms with van der Waals surface area (Å²) in [7, 11) is 0. The second-order valence-corrected chi connectivity index (χ2v) is 3.78. The molecule has 0 rings (SSSR count). The summed E-state index contributed by atoms with van der Waals surface area (Å²) in [5.41, 5.74) is 5.60. The molecule has 0 aliphatic rings. The second kappa shape index (κ2) is 5.97. The summed E-state index contributed by atoms with van der Waals surface area (Å²) >= 11 is 0. The number of ether oxygens (including phenoxy) is 1. The van der Waals surface area contributed by atoms with Crippen molar-refractivity contribution in [3.8, 4) is 0 Å². The van der Waals surface area contributed by atoms with Gasteiger partial charge in [0.1, 0.15) is 12.1 Å². The molecule has 0 aromatic rings. The average Bonchev–Trinajstić information content (AvgIpc) is 2.04. The lowest BCUT2D eigenvalue weighted by molar-refractivity contribution is -0.152. The summed E-state index contributed by atoms with van der Waals surface area (Å²) in [6.45, 7) is 7.92. The van der Waals surface area contributed by atoms with E-state index < -0.39 is 6.04 Å². The Hall–Kier alpha value is -0.570. The highest BCUT2D eigenvalue weighted by atomic mass is 16.5. The average molecular weight is 187 g/mol. The fourth-order valence-electron chi connectivity index (χ4n) is 0.836. The summed E-state index contributed by atoms with van der Waals surface area (Å²) in [5.74, 6) is 0.0702. The van der Waals surface area contributed by atoms with Crippen LogP contribution in [0.5, 0.6) is 0 Å². The van der Waals surface area contributed by atoms with Crippen molar-refractivity contribution in [1.82, 2.24) is 0 Å². The third-order valence-corrected chi connectivity index (χ3v) is 2.14. The van der Waals surface area contributed by atoms with Gasteiger partial charge >= 0.3 is 5.97 Å². The zero-order valence-electron chi connectivity index (χ0n) is 9.04. The molecular formula is C10H21NO2. The summed E-state index contributed by atoms with van der Waals surface area (Å²) in [6.07, 6.45) is 1.56. The molecule has 3 nitrogen and oxygen atoms in total. The van der Waals surface area contributed by atoms with Crippen LogP contribution in [0, 0.1) is 5.92 Å². The minimum atomic E-state index is -0.453. The topological polar surface area (TPSA) is 52.3 Å². The number of esters is 1. The van der Waals surface area contributed by atoms with E-state index in [1.807, 2.05) is 27.7 Å². The van der Waals surface area contributed by atoms with Gasteiger partial charge < -0.3 is 10.5 Å². The minimum absolute atomic E-state index is 0.0459.